The average molecular weight is 480 g/mol. The predicted molar refractivity (Wildman–Crippen MR) is 111 cm³/mol. The van der Waals surface area contributed by atoms with Crippen LogP contribution in [0.25, 0.3) is 0 Å². The molecule has 1 aliphatic rings. The molecule has 0 fully saturated rings. The van der Waals surface area contributed by atoms with Gasteiger partial charge in [-0.2, -0.15) is 0 Å². The molecule has 0 spiro atoms. The topological polar surface area (TPSA) is 84.5 Å². The number of fused-ring (bicyclic) bond motifs is 2. The van der Waals surface area contributed by atoms with Crippen LogP contribution in [0.15, 0.2) is 70.0 Å². The Morgan fingerprint density at radius 2 is 1.68 bits per heavy atom. The first-order valence-corrected chi connectivity index (χ1v) is 10.7. The van der Waals surface area contributed by atoms with Crippen molar-refractivity contribution in [2.45, 2.75) is 4.90 Å². The van der Waals surface area contributed by atoms with Gasteiger partial charge in [0.05, 0.1) is 16.1 Å². The lowest BCUT2D eigenvalue weighted by atomic mass is 10.1. The molecule has 0 aromatic heterocycles. The van der Waals surface area contributed by atoms with E-state index < -0.39 is 15.9 Å². The van der Waals surface area contributed by atoms with Gasteiger partial charge in [0.25, 0.3) is 15.9 Å². The van der Waals surface area contributed by atoms with Crippen LogP contribution in [-0.4, -0.2) is 14.3 Å². The van der Waals surface area contributed by atoms with Gasteiger partial charge >= 0.3 is 0 Å². The Bertz CT molecular complexity index is 1200. The lowest BCUT2D eigenvalue weighted by Gasteiger charge is -2.11. The van der Waals surface area contributed by atoms with Crippen LogP contribution < -0.4 is 14.8 Å². The molecule has 6 nitrogen and oxygen atoms in total. The molecule has 1 heterocycles. The highest BCUT2D eigenvalue weighted by Crippen LogP contribution is 2.38. The van der Waals surface area contributed by atoms with Gasteiger partial charge in [-0.15, -0.1) is 0 Å². The lowest BCUT2D eigenvalue weighted by Crippen LogP contribution is -2.14. The number of ether oxygens (including phenoxy) is 1. The Hall–Kier alpha value is -2.55. The van der Waals surface area contributed by atoms with Crippen molar-refractivity contribution < 1.29 is 17.9 Å². The van der Waals surface area contributed by atoms with E-state index in [1.54, 1.807) is 30.3 Å². The summed E-state index contributed by atoms with van der Waals surface area (Å²) >= 11 is 9.24. The largest absolute Gasteiger partial charge is 0.454 e. The third-order valence-electron chi connectivity index (χ3n) is 4.01. The Morgan fingerprint density at radius 3 is 2.43 bits per heavy atom. The number of rotatable bonds is 3. The number of carbonyl (C=O) groups is 1. The number of hydrogen-bond donors (Lipinski definition) is 2. The van der Waals surface area contributed by atoms with Crippen LogP contribution in [0, 0.1) is 0 Å². The van der Waals surface area contributed by atoms with E-state index in [0.717, 1.165) is 4.47 Å². The molecule has 3 aromatic carbocycles. The zero-order valence-electron chi connectivity index (χ0n) is 14.1. The number of nitrogens with one attached hydrogen (secondary N) is 2. The van der Waals surface area contributed by atoms with Crippen LogP contribution in [-0.2, 0) is 10.0 Å². The molecule has 1 amide bonds. The molecule has 142 valence electrons. The summed E-state index contributed by atoms with van der Waals surface area (Å²) in [5.74, 6) is 0.325. The molecule has 0 atom stereocenters. The van der Waals surface area contributed by atoms with Crippen molar-refractivity contribution in [2.75, 3.05) is 10.0 Å². The highest BCUT2D eigenvalue weighted by atomic mass is 79.9. The quantitative estimate of drug-likeness (QED) is 0.536. The number of halogens is 2. The normalized spacial score (nSPS) is 12.9. The molecule has 3 aromatic rings. The third-order valence-corrected chi connectivity index (χ3v) is 6.17. The van der Waals surface area contributed by atoms with Gasteiger partial charge in [-0.3, -0.25) is 9.52 Å². The van der Waals surface area contributed by atoms with Gasteiger partial charge in [-0.25, -0.2) is 8.42 Å². The molecular weight excluding hydrogens is 468 g/mol. The van der Waals surface area contributed by atoms with Crippen molar-refractivity contribution in [3.63, 3.8) is 0 Å². The van der Waals surface area contributed by atoms with E-state index in [0.29, 0.717) is 22.2 Å². The van der Waals surface area contributed by atoms with Gasteiger partial charge in [0.15, 0.2) is 5.75 Å². The summed E-state index contributed by atoms with van der Waals surface area (Å²) in [5.41, 5.74) is 0.874. The highest BCUT2D eigenvalue weighted by Gasteiger charge is 2.23. The number of amides is 1. The summed E-state index contributed by atoms with van der Waals surface area (Å²) < 4.78 is 34.2. The fourth-order valence-corrected chi connectivity index (χ4v) is 4.17. The fraction of sp³-hybridized carbons (Fsp3) is 0. The van der Waals surface area contributed by atoms with Crippen molar-refractivity contribution in [3.05, 3.63) is 75.7 Å². The Labute approximate surface area is 174 Å². The standard InChI is InChI=1S/C19H12BrClN2O4S/c20-11-1-5-14(6-2-11)28(25,26)23-13-4-8-17-15(10-13)19(24)22-16-9-12(21)3-7-18(16)27-17/h1-10,23H,(H,22,24). The molecule has 28 heavy (non-hydrogen) atoms. The van der Waals surface area contributed by atoms with E-state index in [9.17, 15) is 13.2 Å². The summed E-state index contributed by atoms with van der Waals surface area (Å²) in [5, 5.41) is 3.17. The van der Waals surface area contributed by atoms with E-state index in [-0.39, 0.29) is 16.1 Å². The van der Waals surface area contributed by atoms with Crippen LogP contribution >= 0.6 is 27.5 Å². The maximum absolute atomic E-state index is 12.6. The molecular formula is C19H12BrClN2O4S. The number of hydrogen-bond acceptors (Lipinski definition) is 4. The van der Waals surface area contributed by atoms with Crippen LogP contribution in [0.3, 0.4) is 0 Å². The van der Waals surface area contributed by atoms with E-state index in [1.165, 1.54) is 30.3 Å². The summed E-state index contributed by atoms with van der Waals surface area (Å²) in [6.07, 6.45) is 0. The van der Waals surface area contributed by atoms with E-state index in [1.807, 2.05) is 0 Å². The monoisotopic (exact) mass is 478 g/mol. The Kier molecular flexibility index (Phi) is 4.78. The van der Waals surface area contributed by atoms with Crippen molar-refractivity contribution in [1.82, 2.24) is 0 Å². The number of anilines is 2. The SMILES string of the molecule is O=C1Nc2cc(Cl)ccc2Oc2ccc(NS(=O)(=O)c3ccc(Br)cc3)cc21. The molecule has 4 rings (SSSR count). The van der Waals surface area contributed by atoms with Gasteiger partial charge in [0.1, 0.15) is 5.75 Å². The van der Waals surface area contributed by atoms with Crippen molar-refractivity contribution >= 4 is 54.8 Å². The predicted octanol–water partition coefficient (Wildman–Crippen LogP) is 5.26. The number of carbonyl (C=O) groups excluding carboxylic acids is 1. The smallest absolute Gasteiger partial charge is 0.261 e. The highest BCUT2D eigenvalue weighted by molar-refractivity contribution is 9.10. The second-order valence-electron chi connectivity index (χ2n) is 5.97. The van der Waals surface area contributed by atoms with Gasteiger partial charge < -0.3 is 10.1 Å². The van der Waals surface area contributed by atoms with Crippen LogP contribution in [0.4, 0.5) is 11.4 Å². The first kappa shape index (κ1) is 18.8. The maximum atomic E-state index is 12.6. The fourth-order valence-electron chi connectivity index (χ4n) is 2.68. The van der Waals surface area contributed by atoms with E-state index >= 15 is 0 Å². The molecule has 0 radical (unpaired) electrons. The number of benzene rings is 3. The molecule has 0 saturated heterocycles. The Balaban J connectivity index is 1.66. The van der Waals surface area contributed by atoms with E-state index in [2.05, 4.69) is 26.0 Å². The van der Waals surface area contributed by atoms with E-state index in [4.69, 9.17) is 16.3 Å². The molecule has 1 aliphatic heterocycles. The van der Waals surface area contributed by atoms with Gasteiger partial charge in [-0.05, 0) is 60.7 Å². The summed E-state index contributed by atoms with van der Waals surface area (Å²) in [4.78, 5) is 12.7. The zero-order valence-corrected chi connectivity index (χ0v) is 17.2. The van der Waals surface area contributed by atoms with Crippen LogP contribution in [0.2, 0.25) is 5.02 Å². The second kappa shape index (κ2) is 7.12. The minimum atomic E-state index is -3.80. The van der Waals surface area contributed by atoms with Crippen molar-refractivity contribution in [1.29, 1.82) is 0 Å². The van der Waals surface area contributed by atoms with Gasteiger partial charge in [0, 0.05) is 15.2 Å². The molecule has 9 heteroatoms. The lowest BCUT2D eigenvalue weighted by molar-refractivity contribution is 0.102. The molecule has 0 aliphatic carbocycles. The minimum absolute atomic E-state index is 0.105. The average Bonchev–Trinajstić information content (AvgIpc) is 2.77. The minimum Gasteiger partial charge on any atom is -0.454 e. The van der Waals surface area contributed by atoms with Crippen molar-refractivity contribution in [3.8, 4) is 11.5 Å². The summed E-state index contributed by atoms with van der Waals surface area (Å²) in [6.45, 7) is 0. The first-order valence-electron chi connectivity index (χ1n) is 8.03. The van der Waals surface area contributed by atoms with Gasteiger partial charge in [-0.1, -0.05) is 27.5 Å². The second-order valence-corrected chi connectivity index (χ2v) is 9.00. The molecule has 0 bridgehead atoms. The van der Waals surface area contributed by atoms with Crippen LogP contribution in [0.1, 0.15) is 10.4 Å². The van der Waals surface area contributed by atoms with Crippen LogP contribution in [0.5, 0.6) is 11.5 Å². The first-order chi connectivity index (χ1) is 13.3. The molecule has 0 saturated carbocycles. The summed E-state index contributed by atoms with van der Waals surface area (Å²) in [6, 6.07) is 15.6. The zero-order chi connectivity index (χ0) is 19.9. The van der Waals surface area contributed by atoms with Gasteiger partial charge in [0.2, 0.25) is 0 Å². The third kappa shape index (κ3) is 3.71. The molecule has 0 unspecified atom stereocenters. The Morgan fingerprint density at radius 1 is 0.964 bits per heavy atom. The maximum Gasteiger partial charge on any atom is 0.261 e. The number of sulfonamides is 1. The van der Waals surface area contributed by atoms with Crippen molar-refractivity contribution in [2.24, 2.45) is 0 Å². The summed E-state index contributed by atoms with van der Waals surface area (Å²) in [7, 11) is -3.80. The molecule has 2 N–H and O–H groups in total.